The maximum absolute atomic E-state index is 13.5. The van der Waals surface area contributed by atoms with Gasteiger partial charge in [0.15, 0.2) is 5.13 Å². The fraction of sp³-hybridized carbons (Fsp3) is 0.0833. The SMILES string of the molecule is Cc1nc(N)sc1C(=O)N/N=C/c1c(F)cccc1Cl. The standard InChI is InChI=1S/C12H10ClFN4OS/c1-6-10(20-12(15)17-6)11(19)18-16-5-7-8(13)3-2-4-9(7)14/h2-5H,1H3,(H2,15,17)(H,18,19)/b16-5+. The molecule has 8 heteroatoms. The first kappa shape index (κ1) is 14.4. The summed E-state index contributed by atoms with van der Waals surface area (Å²) in [7, 11) is 0. The van der Waals surface area contributed by atoms with Crippen molar-refractivity contribution >= 4 is 40.2 Å². The summed E-state index contributed by atoms with van der Waals surface area (Å²) in [6.07, 6.45) is 1.15. The van der Waals surface area contributed by atoms with E-state index in [0.29, 0.717) is 15.7 Å². The number of hydrogen-bond acceptors (Lipinski definition) is 5. The topological polar surface area (TPSA) is 80.4 Å². The lowest BCUT2D eigenvalue weighted by atomic mass is 10.2. The molecule has 0 unspecified atom stereocenters. The second kappa shape index (κ2) is 5.98. The normalized spacial score (nSPS) is 10.9. The van der Waals surface area contributed by atoms with Crippen LogP contribution in [0, 0.1) is 12.7 Å². The van der Waals surface area contributed by atoms with Gasteiger partial charge in [-0.3, -0.25) is 4.79 Å². The summed E-state index contributed by atoms with van der Waals surface area (Å²) in [5.74, 6) is -0.978. The number of aryl methyl sites for hydroxylation is 1. The zero-order valence-corrected chi connectivity index (χ0v) is 11.9. The number of thiazole rings is 1. The second-order valence-corrected chi connectivity index (χ2v) is 5.24. The molecule has 0 aliphatic rings. The van der Waals surface area contributed by atoms with Crippen molar-refractivity contribution in [1.82, 2.24) is 10.4 Å². The van der Waals surface area contributed by atoms with Crippen LogP contribution in [0.3, 0.4) is 0 Å². The molecule has 20 heavy (non-hydrogen) atoms. The molecule has 0 bridgehead atoms. The molecule has 104 valence electrons. The number of rotatable bonds is 3. The molecule has 2 rings (SSSR count). The van der Waals surface area contributed by atoms with Crippen LogP contribution in [-0.4, -0.2) is 17.1 Å². The third kappa shape index (κ3) is 3.12. The van der Waals surface area contributed by atoms with E-state index in [-0.39, 0.29) is 10.6 Å². The molecular formula is C12H10ClFN4OS. The number of nitrogens with two attached hydrogens (primary N) is 1. The first-order valence-electron chi connectivity index (χ1n) is 5.49. The van der Waals surface area contributed by atoms with Crippen LogP contribution in [0.1, 0.15) is 20.9 Å². The molecule has 1 heterocycles. The van der Waals surface area contributed by atoms with Gasteiger partial charge in [-0.15, -0.1) is 0 Å². The molecule has 0 spiro atoms. The number of aromatic nitrogens is 1. The number of carbonyl (C=O) groups excluding carboxylic acids is 1. The Morgan fingerprint density at radius 2 is 2.35 bits per heavy atom. The number of hydrogen-bond donors (Lipinski definition) is 2. The predicted octanol–water partition coefficient (Wildman–Crippen LogP) is 2.59. The highest BCUT2D eigenvalue weighted by molar-refractivity contribution is 7.17. The summed E-state index contributed by atoms with van der Waals surface area (Å²) in [5.41, 5.74) is 8.40. The monoisotopic (exact) mass is 312 g/mol. The minimum atomic E-state index is -0.520. The molecule has 2 aromatic rings. The number of nitrogen functional groups attached to an aromatic ring is 1. The minimum absolute atomic E-state index is 0.106. The summed E-state index contributed by atoms with van der Waals surface area (Å²) in [6, 6.07) is 4.27. The quantitative estimate of drug-likeness (QED) is 0.675. The van der Waals surface area contributed by atoms with Crippen LogP contribution in [0.25, 0.3) is 0 Å². The Bertz CT molecular complexity index is 666. The smallest absolute Gasteiger partial charge is 0.283 e. The van der Waals surface area contributed by atoms with Gasteiger partial charge in [0.25, 0.3) is 5.91 Å². The minimum Gasteiger partial charge on any atom is -0.375 e. The molecule has 1 aromatic carbocycles. The van der Waals surface area contributed by atoms with E-state index in [1.165, 1.54) is 18.2 Å². The van der Waals surface area contributed by atoms with Gasteiger partial charge in [-0.2, -0.15) is 5.10 Å². The van der Waals surface area contributed by atoms with E-state index >= 15 is 0 Å². The van der Waals surface area contributed by atoms with Crippen molar-refractivity contribution < 1.29 is 9.18 Å². The summed E-state index contributed by atoms with van der Waals surface area (Å²) in [5, 5.41) is 4.19. The first-order valence-corrected chi connectivity index (χ1v) is 6.69. The zero-order valence-electron chi connectivity index (χ0n) is 10.4. The lowest BCUT2D eigenvalue weighted by Crippen LogP contribution is -2.17. The summed E-state index contributed by atoms with van der Waals surface area (Å²) >= 11 is 6.88. The summed E-state index contributed by atoms with van der Waals surface area (Å²) in [6.45, 7) is 1.67. The summed E-state index contributed by atoms with van der Waals surface area (Å²) in [4.78, 5) is 16.1. The van der Waals surface area contributed by atoms with Crippen LogP contribution < -0.4 is 11.2 Å². The van der Waals surface area contributed by atoms with Gasteiger partial charge in [-0.05, 0) is 19.1 Å². The van der Waals surface area contributed by atoms with E-state index in [2.05, 4.69) is 15.5 Å². The number of halogens is 2. The van der Waals surface area contributed by atoms with Crippen molar-refractivity contribution in [3.63, 3.8) is 0 Å². The van der Waals surface area contributed by atoms with Gasteiger partial charge in [0, 0.05) is 5.56 Å². The van der Waals surface area contributed by atoms with Gasteiger partial charge in [-0.1, -0.05) is 29.0 Å². The second-order valence-electron chi connectivity index (χ2n) is 3.80. The number of amides is 1. The van der Waals surface area contributed by atoms with E-state index in [0.717, 1.165) is 17.6 Å². The molecule has 1 amide bonds. The molecular weight excluding hydrogens is 303 g/mol. The lowest BCUT2D eigenvalue weighted by Gasteiger charge is -2.00. The highest BCUT2D eigenvalue weighted by Crippen LogP contribution is 2.19. The molecule has 0 radical (unpaired) electrons. The van der Waals surface area contributed by atoms with Gasteiger partial charge < -0.3 is 5.73 Å². The Hall–Kier alpha value is -1.99. The number of hydrazone groups is 1. The fourth-order valence-corrected chi connectivity index (χ4v) is 2.40. The van der Waals surface area contributed by atoms with Gasteiger partial charge in [0.2, 0.25) is 0 Å². The van der Waals surface area contributed by atoms with E-state index in [1.54, 1.807) is 6.92 Å². The molecule has 1 aromatic heterocycles. The number of anilines is 1. The predicted molar refractivity (Wildman–Crippen MR) is 77.7 cm³/mol. The molecule has 3 N–H and O–H groups in total. The number of nitrogens with one attached hydrogen (secondary N) is 1. The van der Waals surface area contributed by atoms with Gasteiger partial charge in [0.1, 0.15) is 10.7 Å². The zero-order chi connectivity index (χ0) is 14.7. The highest BCUT2D eigenvalue weighted by Gasteiger charge is 2.13. The van der Waals surface area contributed by atoms with Crippen molar-refractivity contribution in [2.24, 2.45) is 5.10 Å². The van der Waals surface area contributed by atoms with Crippen LogP contribution in [0.4, 0.5) is 9.52 Å². The Labute approximate surface area is 123 Å². The Morgan fingerprint density at radius 3 is 2.95 bits per heavy atom. The Balaban J connectivity index is 2.11. The van der Waals surface area contributed by atoms with Gasteiger partial charge in [-0.25, -0.2) is 14.8 Å². The molecule has 0 saturated heterocycles. The largest absolute Gasteiger partial charge is 0.375 e. The van der Waals surface area contributed by atoms with Crippen molar-refractivity contribution in [3.8, 4) is 0 Å². The van der Waals surface area contributed by atoms with Crippen molar-refractivity contribution in [3.05, 3.63) is 45.2 Å². The number of nitrogens with zero attached hydrogens (tertiary/aromatic N) is 2. The summed E-state index contributed by atoms with van der Waals surface area (Å²) < 4.78 is 13.5. The van der Waals surface area contributed by atoms with Crippen molar-refractivity contribution in [1.29, 1.82) is 0 Å². The maximum atomic E-state index is 13.5. The van der Waals surface area contributed by atoms with E-state index in [4.69, 9.17) is 17.3 Å². The average Bonchev–Trinajstić information content (AvgIpc) is 2.72. The van der Waals surface area contributed by atoms with E-state index in [9.17, 15) is 9.18 Å². The Kier molecular flexibility index (Phi) is 4.31. The third-order valence-corrected chi connectivity index (χ3v) is 3.69. The van der Waals surface area contributed by atoms with Crippen LogP contribution >= 0.6 is 22.9 Å². The fourth-order valence-electron chi connectivity index (χ4n) is 1.47. The molecule has 0 aliphatic heterocycles. The van der Waals surface area contributed by atoms with Gasteiger partial charge in [0.05, 0.1) is 16.9 Å². The van der Waals surface area contributed by atoms with Crippen LogP contribution in [0.2, 0.25) is 5.02 Å². The molecule has 0 aliphatic carbocycles. The van der Waals surface area contributed by atoms with Crippen LogP contribution in [0.15, 0.2) is 23.3 Å². The molecule has 5 nitrogen and oxygen atoms in total. The third-order valence-electron chi connectivity index (χ3n) is 2.38. The van der Waals surface area contributed by atoms with Crippen molar-refractivity contribution in [2.45, 2.75) is 6.92 Å². The highest BCUT2D eigenvalue weighted by atomic mass is 35.5. The van der Waals surface area contributed by atoms with Crippen molar-refractivity contribution in [2.75, 3.05) is 5.73 Å². The van der Waals surface area contributed by atoms with E-state index in [1.807, 2.05) is 0 Å². The average molecular weight is 313 g/mol. The Morgan fingerprint density at radius 1 is 1.60 bits per heavy atom. The number of carbonyl (C=O) groups is 1. The molecule has 0 atom stereocenters. The first-order chi connectivity index (χ1) is 9.49. The molecule has 0 saturated carbocycles. The molecule has 0 fully saturated rings. The van der Waals surface area contributed by atoms with Crippen LogP contribution in [-0.2, 0) is 0 Å². The lowest BCUT2D eigenvalue weighted by molar-refractivity contribution is 0.0958. The number of benzene rings is 1. The van der Waals surface area contributed by atoms with Crippen LogP contribution in [0.5, 0.6) is 0 Å². The maximum Gasteiger partial charge on any atom is 0.283 e. The van der Waals surface area contributed by atoms with E-state index < -0.39 is 11.7 Å². The van der Waals surface area contributed by atoms with Gasteiger partial charge >= 0.3 is 0 Å².